The summed E-state index contributed by atoms with van der Waals surface area (Å²) in [5, 5.41) is 9.99. The summed E-state index contributed by atoms with van der Waals surface area (Å²) in [6.07, 6.45) is 0.784. The predicted octanol–water partition coefficient (Wildman–Crippen LogP) is 1.82. The average molecular weight is 230 g/mol. The fourth-order valence-corrected chi connectivity index (χ4v) is 1.39. The van der Waals surface area contributed by atoms with E-state index in [-0.39, 0.29) is 0 Å². The number of ether oxygens (including phenoxy) is 1. The molecule has 1 aromatic rings. The van der Waals surface area contributed by atoms with Crippen LogP contribution in [-0.4, -0.2) is 24.4 Å². The van der Waals surface area contributed by atoms with Crippen LogP contribution in [0.1, 0.15) is 12.8 Å². The van der Waals surface area contributed by atoms with E-state index in [4.69, 9.17) is 22.1 Å². The van der Waals surface area contributed by atoms with Gasteiger partial charge >= 0.3 is 0 Å². The van der Waals surface area contributed by atoms with Gasteiger partial charge in [-0.25, -0.2) is 0 Å². The first-order valence-electron chi connectivity index (χ1n) is 4.99. The first-order chi connectivity index (χ1) is 7.24. The summed E-state index contributed by atoms with van der Waals surface area (Å²) in [5.74, 6) is 0.652. The van der Waals surface area contributed by atoms with Gasteiger partial charge in [0.05, 0.1) is 17.7 Å². The highest BCUT2D eigenvalue weighted by atomic mass is 35.5. The lowest BCUT2D eigenvalue weighted by Crippen LogP contribution is -2.16. The topological polar surface area (TPSA) is 55.5 Å². The molecular formula is C11H16ClNO2. The highest BCUT2D eigenvalue weighted by molar-refractivity contribution is 6.32. The maximum absolute atomic E-state index is 9.40. The van der Waals surface area contributed by atoms with Gasteiger partial charge in [0.15, 0.2) is 0 Å². The first kappa shape index (κ1) is 12.3. The zero-order valence-corrected chi connectivity index (χ0v) is 9.28. The van der Waals surface area contributed by atoms with E-state index in [0.717, 1.165) is 0 Å². The van der Waals surface area contributed by atoms with E-state index in [1.807, 2.05) is 12.1 Å². The van der Waals surface area contributed by atoms with Crippen molar-refractivity contribution in [2.75, 3.05) is 13.2 Å². The number of hydrogen-bond donors (Lipinski definition) is 2. The number of benzene rings is 1. The monoisotopic (exact) mass is 229 g/mol. The molecule has 3 nitrogen and oxygen atoms in total. The van der Waals surface area contributed by atoms with Crippen LogP contribution in [0.2, 0.25) is 5.02 Å². The Balaban J connectivity index is 2.29. The van der Waals surface area contributed by atoms with Crippen LogP contribution in [0.4, 0.5) is 0 Å². The highest BCUT2D eigenvalue weighted by Gasteiger charge is 2.04. The van der Waals surface area contributed by atoms with Crippen molar-refractivity contribution in [3.05, 3.63) is 29.3 Å². The molecule has 0 spiro atoms. The van der Waals surface area contributed by atoms with Gasteiger partial charge in [-0.2, -0.15) is 0 Å². The van der Waals surface area contributed by atoms with Crippen LogP contribution in [0, 0.1) is 0 Å². The van der Waals surface area contributed by atoms with E-state index >= 15 is 0 Å². The molecule has 4 heteroatoms. The molecular weight excluding hydrogens is 214 g/mol. The Morgan fingerprint density at radius 2 is 2.07 bits per heavy atom. The van der Waals surface area contributed by atoms with Crippen molar-refractivity contribution in [2.45, 2.75) is 18.9 Å². The molecule has 1 rings (SSSR count). The third-order valence-electron chi connectivity index (χ3n) is 2.05. The minimum absolute atomic E-state index is 0.391. The second-order valence-electron chi connectivity index (χ2n) is 3.30. The summed E-state index contributed by atoms with van der Waals surface area (Å²) in [4.78, 5) is 0. The van der Waals surface area contributed by atoms with Crippen LogP contribution in [0.5, 0.6) is 5.75 Å². The van der Waals surface area contributed by atoms with Crippen molar-refractivity contribution in [2.24, 2.45) is 5.73 Å². The Bertz CT molecular complexity index is 294. The quantitative estimate of drug-likeness (QED) is 0.783. The second kappa shape index (κ2) is 6.67. The lowest BCUT2D eigenvalue weighted by molar-refractivity contribution is 0.133. The molecule has 0 heterocycles. The predicted molar refractivity (Wildman–Crippen MR) is 61.2 cm³/mol. The Kier molecular flexibility index (Phi) is 5.47. The number of aliphatic hydroxyl groups excluding tert-OH is 1. The third-order valence-corrected chi connectivity index (χ3v) is 2.36. The lowest BCUT2D eigenvalue weighted by Gasteiger charge is -2.11. The highest BCUT2D eigenvalue weighted by Crippen LogP contribution is 2.23. The molecule has 15 heavy (non-hydrogen) atoms. The van der Waals surface area contributed by atoms with Crippen molar-refractivity contribution in [1.82, 2.24) is 0 Å². The van der Waals surface area contributed by atoms with Crippen molar-refractivity contribution in [3.8, 4) is 5.75 Å². The molecule has 0 fully saturated rings. The minimum Gasteiger partial charge on any atom is -0.492 e. The number of para-hydroxylation sites is 1. The van der Waals surface area contributed by atoms with E-state index in [9.17, 15) is 5.11 Å². The van der Waals surface area contributed by atoms with Gasteiger partial charge in [-0.1, -0.05) is 23.7 Å². The van der Waals surface area contributed by atoms with E-state index in [0.29, 0.717) is 36.8 Å². The van der Waals surface area contributed by atoms with Crippen LogP contribution < -0.4 is 10.5 Å². The third kappa shape index (κ3) is 4.51. The molecule has 1 aromatic carbocycles. The molecule has 0 aliphatic heterocycles. The fourth-order valence-electron chi connectivity index (χ4n) is 1.20. The Hall–Kier alpha value is -0.770. The second-order valence-corrected chi connectivity index (χ2v) is 3.71. The maximum Gasteiger partial charge on any atom is 0.137 e. The van der Waals surface area contributed by atoms with Gasteiger partial charge in [0.25, 0.3) is 0 Å². The SMILES string of the molecule is NCCC(O)CCOc1ccccc1Cl. The molecule has 1 atom stereocenters. The zero-order valence-electron chi connectivity index (χ0n) is 8.53. The van der Waals surface area contributed by atoms with E-state index in [2.05, 4.69) is 0 Å². The fraction of sp³-hybridized carbons (Fsp3) is 0.455. The zero-order chi connectivity index (χ0) is 11.1. The lowest BCUT2D eigenvalue weighted by atomic mass is 10.2. The molecule has 0 aromatic heterocycles. The summed E-state index contributed by atoms with van der Waals surface area (Å²) in [7, 11) is 0. The molecule has 0 saturated heterocycles. The molecule has 0 aliphatic carbocycles. The maximum atomic E-state index is 9.40. The summed E-state index contributed by atoms with van der Waals surface area (Å²) in [6, 6.07) is 7.28. The van der Waals surface area contributed by atoms with Gasteiger partial charge in [-0.05, 0) is 25.1 Å². The van der Waals surface area contributed by atoms with Crippen molar-refractivity contribution in [3.63, 3.8) is 0 Å². The summed E-state index contributed by atoms with van der Waals surface area (Å²) in [6.45, 7) is 0.943. The van der Waals surface area contributed by atoms with Crippen molar-refractivity contribution >= 4 is 11.6 Å². The molecule has 84 valence electrons. The van der Waals surface area contributed by atoms with Crippen LogP contribution in [0.15, 0.2) is 24.3 Å². The molecule has 1 unspecified atom stereocenters. The van der Waals surface area contributed by atoms with Gasteiger partial charge in [0, 0.05) is 6.42 Å². The standard InChI is InChI=1S/C11H16ClNO2/c12-10-3-1-2-4-11(10)15-8-6-9(14)5-7-13/h1-4,9,14H,5-8,13H2. The summed E-state index contributed by atoms with van der Waals surface area (Å²) >= 11 is 5.89. The van der Waals surface area contributed by atoms with Gasteiger partial charge in [-0.3, -0.25) is 0 Å². The molecule has 0 aliphatic rings. The molecule has 0 amide bonds. The normalized spacial score (nSPS) is 12.5. The first-order valence-corrected chi connectivity index (χ1v) is 5.37. The molecule has 0 bridgehead atoms. The van der Waals surface area contributed by atoms with E-state index < -0.39 is 6.10 Å². The number of halogens is 1. The Morgan fingerprint density at radius 3 is 2.73 bits per heavy atom. The largest absolute Gasteiger partial charge is 0.492 e. The Morgan fingerprint density at radius 1 is 1.33 bits per heavy atom. The summed E-state index contributed by atoms with van der Waals surface area (Å²) in [5.41, 5.74) is 5.31. The van der Waals surface area contributed by atoms with Crippen LogP contribution in [0.25, 0.3) is 0 Å². The van der Waals surface area contributed by atoms with Crippen LogP contribution in [-0.2, 0) is 0 Å². The van der Waals surface area contributed by atoms with Crippen LogP contribution >= 0.6 is 11.6 Å². The number of rotatable bonds is 6. The van der Waals surface area contributed by atoms with E-state index in [1.54, 1.807) is 12.1 Å². The number of hydrogen-bond acceptors (Lipinski definition) is 3. The molecule has 3 N–H and O–H groups in total. The summed E-state index contributed by atoms with van der Waals surface area (Å²) < 4.78 is 5.42. The number of nitrogens with two attached hydrogens (primary N) is 1. The Labute approximate surface area is 94.8 Å². The van der Waals surface area contributed by atoms with Gasteiger partial charge < -0.3 is 15.6 Å². The van der Waals surface area contributed by atoms with Gasteiger partial charge in [0.1, 0.15) is 5.75 Å². The average Bonchev–Trinajstić information content (AvgIpc) is 2.21. The minimum atomic E-state index is -0.391. The molecule has 0 saturated carbocycles. The molecule has 0 radical (unpaired) electrons. The van der Waals surface area contributed by atoms with Gasteiger partial charge in [0.2, 0.25) is 0 Å². The van der Waals surface area contributed by atoms with E-state index in [1.165, 1.54) is 0 Å². The smallest absolute Gasteiger partial charge is 0.137 e. The van der Waals surface area contributed by atoms with Crippen molar-refractivity contribution < 1.29 is 9.84 Å². The van der Waals surface area contributed by atoms with Crippen molar-refractivity contribution in [1.29, 1.82) is 0 Å². The van der Waals surface area contributed by atoms with Crippen LogP contribution in [0.3, 0.4) is 0 Å². The van der Waals surface area contributed by atoms with Gasteiger partial charge in [-0.15, -0.1) is 0 Å². The number of aliphatic hydroxyl groups is 1.